The fraction of sp³-hybridized carbons (Fsp3) is 0.267. The zero-order chi connectivity index (χ0) is 18.3. The van der Waals surface area contributed by atoms with Crippen molar-refractivity contribution in [2.24, 2.45) is 0 Å². The summed E-state index contributed by atoms with van der Waals surface area (Å²) in [6.45, 7) is 1.76. The lowest BCUT2D eigenvalue weighted by molar-refractivity contribution is 0.383. The summed E-state index contributed by atoms with van der Waals surface area (Å²) in [4.78, 5) is 2.17. The number of hydrogen-bond acceptors (Lipinski definition) is 6. The minimum atomic E-state index is -3.61. The van der Waals surface area contributed by atoms with Crippen LogP contribution >= 0.6 is 23.2 Å². The Morgan fingerprint density at radius 2 is 1.73 bits per heavy atom. The molecule has 0 amide bonds. The fourth-order valence-electron chi connectivity index (χ4n) is 2.83. The molecule has 1 fully saturated rings. The lowest BCUT2D eigenvalue weighted by Crippen LogP contribution is -2.49. The van der Waals surface area contributed by atoms with E-state index in [0.29, 0.717) is 36.8 Å². The van der Waals surface area contributed by atoms with E-state index in [0.717, 1.165) is 5.82 Å². The van der Waals surface area contributed by atoms with E-state index in [1.807, 2.05) is 17.0 Å². The van der Waals surface area contributed by atoms with Gasteiger partial charge in [0.1, 0.15) is 12.1 Å². The molecule has 0 radical (unpaired) electrons. The van der Waals surface area contributed by atoms with E-state index in [1.54, 1.807) is 4.52 Å². The molecule has 3 aromatic rings. The van der Waals surface area contributed by atoms with Crippen molar-refractivity contribution in [1.29, 1.82) is 0 Å². The monoisotopic (exact) mass is 412 g/mol. The van der Waals surface area contributed by atoms with Crippen LogP contribution in [0.4, 0.5) is 5.82 Å². The number of sulfonamides is 1. The van der Waals surface area contributed by atoms with E-state index in [1.165, 1.54) is 28.8 Å². The number of nitrogens with zero attached hydrogens (tertiary/aromatic N) is 6. The molecule has 3 heterocycles. The van der Waals surface area contributed by atoms with E-state index in [9.17, 15) is 8.42 Å². The molecule has 1 aliphatic heterocycles. The van der Waals surface area contributed by atoms with Crippen LogP contribution < -0.4 is 4.90 Å². The van der Waals surface area contributed by atoms with E-state index >= 15 is 0 Å². The van der Waals surface area contributed by atoms with Gasteiger partial charge in [-0.25, -0.2) is 8.42 Å². The highest BCUT2D eigenvalue weighted by Gasteiger charge is 2.29. The number of hydrogen-bond donors (Lipinski definition) is 0. The molecule has 0 atom stereocenters. The Bertz CT molecular complexity index is 1060. The average Bonchev–Trinajstić information content (AvgIpc) is 3.11. The molecule has 4 rings (SSSR count). The summed E-state index contributed by atoms with van der Waals surface area (Å²) in [5.74, 6) is 0.754. The summed E-state index contributed by atoms with van der Waals surface area (Å²) in [5.41, 5.74) is 0.662. The first kappa shape index (κ1) is 17.5. The maximum Gasteiger partial charge on any atom is 0.243 e. The van der Waals surface area contributed by atoms with Gasteiger partial charge in [0.15, 0.2) is 5.65 Å². The third-order valence-corrected chi connectivity index (χ3v) is 6.87. The Morgan fingerprint density at radius 1 is 0.962 bits per heavy atom. The molecular formula is C15H14Cl2N6O2S. The second-order valence-corrected chi connectivity index (χ2v) is 8.54. The zero-order valence-corrected chi connectivity index (χ0v) is 15.8. The van der Waals surface area contributed by atoms with E-state index in [2.05, 4.69) is 15.3 Å². The molecule has 0 spiro atoms. The summed E-state index contributed by atoms with van der Waals surface area (Å²) in [7, 11) is -3.61. The van der Waals surface area contributed by atoms with Crippen molar-refractivity contribution in [1.82, 2.24) is 24.1 Å². The average molecular weight is 413 g/mol. The molecule has 136 valence electrons. The lowest BCUT2D eigenvalue weighted by atomic mass is 10.3. The number of anilines is 1. The quantitative estimate of drug-likeness (QED) is 0.653. The topological polar surface area (TPSA) is 83.7 Å². The molecule has 1 saturated heterocycles. The summed E-state index contributed by atoms with van der Waals surface area (Å²) < 4.78 is 28.6. The van der Waals surface area contributed by atoms with Crippen LogP contribution in [0.1, 0.15) is 0 Å². The molecular weight excluding hydrogens is 399 g/mol. The van der Waals surface area contributed by atoms with Crippen molar-refractivity contribution in [2.45, 2.75) is 4.90 Å². The fourth-order valence-corrected chi connectivity index (χ4v) is 4.64. The summed E-state index contributed by atoms with van der Waals surface area (Å²) in [6.07, 6.45) is 1.53. The molecule has 26 heavy (non-hydrogen) atoms. The summed E-state index contributed by atoms with van der Waals surface area (Å²) >= 11 is 11.8. The van der Waals surface area contributed by atoms with Crippen molar-refractivity contribution in [2.75, 3.05) is 31.1 Å². The van der Waals surface area contributed by atoms with Crippen LogP contribution in [-0.4, -0.2) is 58.7 Å². The Balaban J connectivity index is 1.51. The van der Waals surface area contributed by atoms with Gasteiger partial charge in [-0.15, -0.1) is 15.3 Å². The number of halogens is 2. The highest BCUT2D eigenvalue weighted by Crippen LogP contribution is 2.27. The van der Waals surface area contributed by atoms with E-state index < -0.39 is 10.0 Å². The number of aromatic nitrogens is 4. The molecule has 0 unspecified atom stereocenters. The van der Waals surface area contributed by atoms with Gasteiger partial charge in [0.05, 0.1) is 14.9 Å². The first-order valence-corrected chi connectivity index (χ1v) is 10.0. The molecule has 0 N–H and O–H groups in total. The molecule has 0 aliphatic carbocycles. The number of piperazine rings is 1. The van der Waals surface area contributed by atoms with Crippen LogP contribution in [0, 0.1) is 0 Å². The van der Waals surface area contributed by atoms with E-state index in [4.69, 9.17) is 23.2 Å². The first-order valence-electron chi connectivity index (χ1n) is 7.82. The van der Waals surface area contributed by atoms with Gasteiger partial charge in [-0.05, 0) is 30.3 Å². The minimum Gasteiger partial charge on any atom is -0.353 e. The minimum absolute atomic E-state index is 0.143. The molecule has 0 bridgehead atoms. The molecule has 1 aromatic carbocycles. The Morgan fingerprint density at radius 3 is 2.46 bits per heavy atom. The highest BCUT2D eigenvalue weighted by molar-refractivity contribution is 7.89. The van der Waals surface area contributed by atoms with Crippen LogP contribution in [0.15, 0.2) is 41.6 Å². The Labute approximate surface area is 160 Å². The lowest BCUT2D eigenvalue weighted by Gasteiger charge is -2.34. The SMILES string of the molecule is O=S(=O)(c1ccc(Cl)c(Cl)c1)N1CCN(c2ccc3nncn3n2)CC1. The van der Waals surface area contributed by atoms with E-state index in [-0.39, 0.29) is 9.92 Å². The van der Waals surface area contributed by atoms with Gasteiger partial charge < -0.3 is 4.90 Å². The standard InChI is InChI=1S/C15H14Cl2N6O2S/c16-12-2-1-11(9-13(12)17)26(24,25)22-7-5-21(6-8-22)15-4-3-14-19-18-10-23(14)20-15/h1-4,9-10H,5-8H2. The van der Waals surface area contributed by atoms with Gasteiger partial charge in [-0.2, -0.15) is 8.82 Å². The van der Waals surface area contributed by atoms with Crippen LogP contribution in [0.5, 0.6) is 0 Å². The smallest absolute Gasteiger partial charge is 0.243 e. The van der Waals surface area contributed by atoms with Gasteiger partial charge in [0.25, 0.3) is 0 Å². The normalized spacial score (nSPS) is 16.3. The van der Waals surface area contributed by atoms with Crippen molar-refractivity contribution in [3.8, 4) is 0 Å². The van der Waals surface area contributed by atoms with Gasteiger partial charge in [0, 0.05) is 26.2 Å². The van der Waals surface area contributed by atoms with Gasteiger partial charge in [0.2, 0.25) is 10.0 Å². The predicted molar refractivity (Wildman–Crippen MR) is 98.2 cm³/mol. The molecule has 1 aliphatic rings. The highest BCUT2D eigenvalue weighted by atomic mass is 35.5. The second-order valence-electron chi connectivity index (χ2n) is 5.79. The first-order chi connectivity index (χ1) is 12.4. The van der Waals surface area contributed by atoms with Crippen LogP contribution in [-0.2, 0) is 10.0 Å². The summed E-state index contributed by atoms with van der Waals surface area (Å²) in [5, 5.41) is 12.7. The molecule has 0 saturated carbocycles. The maximum absolute atomic E-state index is 12.8. The Kier molecular flexibility index (Phi) is 4.47. The van der Waals surface area contributed by atoms with Crippen molar-refractivity contribution < 1.29 is 8.42 Å². The maximum atomic E-state index is 12.8. The number of benzene rings is 1. The van der Waals surface area contributed by atoms with Crippen LogP contribution in [0.2, 0.25) is 10.0 Å². The third-order valence-electron chi connectivity index (χ3n) is 4.24. The zero-order valence-electron chi connectivity index (χ0n) is 13.5. The van der Waals surface area contributed by atoms with Crippen molar-refractivity contribution in [3.63, 3.8) is 0 Å². The summed E-state index contributed by atoms with van der Waals surface area (Å²) in [6, 6.07) is 8.02. The largest absolute Gasteiger partial charge is 0.353 e. The molecule has 11 heteroatoms. The second kappa shape index (κ2) is 6.66. The number of fused-ring (bicyclic) bond motifs is 1. The van der Waals surface area contributed by atoms with Crippen molar-refractivity contribution >= 4 is 44.7 Å². The third kappa shape index (κ3) is 3.11. The Hall–Kier alpha value is -1.94. The van der Waals surface area contributed by atoms with Crippen LogP contribution in [0.25, 0.3) is 5.65 Å². The van der Waals surface area contributed by atoms with Gasteiger partial charge >= 0.3 is 0 Å². The van der Waals surface area contributed by atoms with Gasteiger partial charge in [-0.3, -0.25) is 0 Å². The predicted octanol–water partition coefficient (Wildman–Crippen LogP) is 1.94. The number of rotatable bonds is 3. The van der Waals surface area contributed by atoms with Gasteiger partial charge in [-0.1, -0.05) is 23.2 Å². The van der Waals surface area contributed by atoms with Crippen LogP contribution in [0.3, 0.4) is 0 Å². The molecule has 8 nitrogen and oxygen atoms in total. The molecule has 2 aromatic heterocycles. The van der Waals surface area contributed by atoms with Crippen molar-refractivity contribution in [3.05, 3.63) is 46.7 Å².